The fourth-order valence-electron chi connectivity index (χ4n) is 1.01. The van der Waals surface area contributed by atoms with Crippen LogP contribution in [-0.2, 0) is 6.42 Å². The Morgan fingerprint density at radius 3 is 2.69 bits per heavy atom. The van der Waals surface area contributed by atoms with Crippen LogP contribution in [0.15, 0.2) is 4.52 Å². The molecule has 2 atom stereocenters. The molecule has 0 fully saturated rings. The molecular formula is C9H17N3O. The average Bonchev–Trinajstić information content (AvgIpc) is 2.50. The monoisotopic (exact) mass is 183 g/mol. The number of hydrogen-bond acceptors (Lipinski definition) is 4. The molecule has 0 aliphatic rings. The van der Waals surface area contributed by atoms with Gasteiger partial charge >= 0.3 is 0 Å². The van der Waals surface area contributed by atoms with Crippen molar-refractivity contribution < 1.29 is 4.52 Å². The summed E-state index contributed by atoms with van der Waals surface area (Å²) in [6.07, 6.45) is 1.68. The van der Waals surface area contributed by atoms with Gasteiger partial charge in [-0.1, -0.05) is 19.0 Å². The first-order valence-electron chi connectivity index (χ1n) is 4.71. The highest BCUT2D eigenvalue weighted by atomic mass is 16.5. The van der Waals surface area contributed by atoms with Gasteiger partial charge in [-0.05, 0) is 13.3 Å². The largest absolute Gasteiger partial charge is 0.339 e. The molecule has 0 bridgehead atoms. The van der Waals surface area contributed by atoms with Crippen molar-refractivity contribution in [2.45, 2.75) is 45.6 Å². The van der Waals surface area contributed by atoms with E-state index in [1.807, 2.05) is 6.92 Å². The van der Waals surface area contributed by atoms with Crippen molar-refractivity contribution in [2.75, 3.05) is 0 Å². The Morgan fingerprint density at radius 1 is 1.46 bits per heavy atom. The summed E-state index contributed by atoms with van der Waals surface area (Å²) in [7, 11) is 0. The zero-order chi connectivity index (χ0) is 9.84. The van der Waals surface area contributed by atoms with Crippen LogP contribution in [-0.4, -0.2) is 16.2 Å². The Kier molecular flexibility index (Phi) is 3.42. The number of nitrogens with two attached hydrogens (primary N) is 1. The van der Waals surface area contributed by atoms with Crippen LogP contribution < -0.4 is 5.73 Å². The minimum absolute atomic E-state index is 0.0743. The van der Waals surface area contributed by atoms with Crippen LogP contribution >= 0.6 is 0 Å². The van der Waals surface area contributed by atoms with Crippen molar-refractivity contribution in [1.29, 1.82) is 0 Å². The molecule has 0 saturated carbocycles. The number of nitrogens with zero attached hydrogens (tertiary/aromatic N) is 2. The lowest BCUT2D eigenvalue weighted by Crippen LogP contribution is -2.17. The number of hydrogen-bond donors (Lipinski definition) is 1. The molecule has 2 unspecified atom stereocenters. The van der Waals surface area contributed by atoms with Gasteiger partial charge in [0.15, 0.2) is 5.82 Å². The highest BCUT2D eigenvalue weighted by Crippen LogP contribution is 2.14. The van der Waals surface area contributed by atoms with Gasteiger partial charge in [0, 0.05) is 18.4 Å². The van der Waals surface area contributed by atoms with Gasteiger partial charge in [-0.15, -0.1) is 0 Å². The van der Waals surface area contributed by atoms with Gasteiger partial charge in [0.1, 0.15) is 0 Å². The van der Waals surface area contributed by atoms with E-state index >= 15 is 0 Å². The summed E-state index contributed by atoms with van der Waals surface area (Å²) in [5.41, 5.74) is 5.61. The number of rotatable bonds is 4. The summed E-state index contributed by atoms with van der Waals surface area (Å²) < 4.78 is 5.06. The summed E-state index contributed by atoms with van der Waals surface area (Å²) in [6, 6.07) is 0.0743. The van der Waals surface area contributed by atoms with Gasteiger partial charge in [0.2, 0.25) is 5.89 Å². The lowest BCUT2D eigenvalue weighted by Gasteiger charge is -1.99. The van der Waals surface area contributed by atoms with Crippen LogP contribution in [0.1, 0.15) is 44.8 Å². The molecule has 0 aliphatic heterocycles. The van der Waals surface area contributed by atoms with Gasteiger partial charge in [-0.25, -0.2) is 0 Å². The second kappa shape index (κ2) is 4.37. The standard InChI is InChI=1S/C9H17N3O/c1-4-6(2)9-11-8(13-12-9)5-7(3)10/h6-7H,4-5,10H2,1-3H3. The Morgan fingerprint density at radius 2 is 2.15 bits per heavy atom. The highest BCUT2D eigenvalue weighted by Gasteiger charge is 2.12. The quantitative estimate of drug-likeness (QED) is 0.767. The van der Waals surface area contributed by atoms with Crippen LogP contribution in [0, 0.1) is 0 Å². The summed E-state index contributed by atoms with van der Waals surface area (Å²) >= 11 is 0. The van der Waals surface area contributed by atoms with E-state index in [0.29, 0.717) is 18.2 Å². The lowest BCUT2D eigenvalue weighted by atomic mass is 10.1. The maximum absolute atomic E-state index is 5.61. The van der Waals surface area contributed by atoms with E-state index in [0.717, 1.165) is 12.2 Å². The van der Waals surface area contributed by atoms with Crippen molar-refractivity contribution in [3.8, 4) is 0 Å². The van der Waals surface area contributed by atoms with Gasteiger partial charge in [0.25, 0.3) is 0 Å². The fraction of sp³-hybridized carbons (Fsp3) is 0.778. The molecular weight excluding hydrogens is 166 g/mol. The van der Waals surface area contributed by atoms with Crippen molar-refractivity contribution >= 4 is 0 Å². The van der Waals surface area contributed by atoms with E-state index < -0.39 is 0 Å². The predicted molar refractivity (Wildman–Crippen MR) is 50.4 cm³/mol. The molecule has 0 amide bonds. The molecule has 74 valence electrons. The van der Waals surface area contributed by atoms with Crippen molar-refractivity contribution in [2.24, 2.45) is 5.73 Å². The Balaban J connectivity index is 2.63. The maximum atomic E-state index is 5.61. The summed E-state index contributed by atoms with van der Waals surface area (Å²) in [4.78, 5) is 4.26. The topological polar surface area (TPSA) is 64.9 Å². The summed E-state index contributed by atoms with van der Waals surface area (Å²) in [5.74, 6) is 1.80. The van der Waals surface area contributed by atoms with Crippen molar-refractivity contribution in [3.63, 3.8) is 0 Å². The third-order valence-electron chi connectivity index (χ3n) is 2.03. The maximum Gasteiger partial charge on any atom is 0.228 e. The van der Waals surface area contributed by atoms with Gasteiger partial charge in [0.05, 0.1) is 0 Å². The van der Waals surface area contributed by atoms with Gasteiger partial charge in [-0.3, -0.25) is 0 Å². The van der Waals surface area contributed by atoms with Crippen LogP contribution in [0.4, 0.5) is 0 Å². The van der Waals surface area contributed by atoms with E-state index in [9.17, 15) is 0 Å². The fourth-order valence-corrected chi connectivity index (χ4v) is 1.01. The third kappa shape index (κ3) is 2.81. The Bertz CT molecular complexity index is 257. The van der Waals surface area contributed by atoms with E-state index in [1.165, 1.54) is 0 Å². The molecule has 4 heteroatoms. The van der Waals surface area contributed by atoms with Gasteiger partial charge in [-0.2, -0.15) is 4.98 Å². The third-order valence-corrected chi connectivity index (χ3v) is 2.03. The minimum Gasteiger partial charge on any atom is -0.339 e. The molecule has 0 radical (unpaired) electrons. The molecule has 0 saturated heterocycles. The lowest BCUT2D eigenvalue weighted by molar-refractivity contribution is 0.364. The van der Waals surface area contributed by atoms with E-state index in [2.05, 4.69) is 24.0 Å². The molecule has 0 aliphatic carbocycles. The molecule has 2 N–H and O–H groups in total. The van der Waals surface area contributed by atoms with Crippen molar-refractivity contribution in [1.82, 2.24) is 10.1 Å². The van der Waals surface area contributed by atoms with Crippen LogP contribution in [0.3, 0.4) is 0 Å². The molecule has 0 aromatic carbocycles. The summed E-state index contributed by atoms with van der Waals surface area (Å²) in [5, 5.41) is 3.90. The second-order valence-electron chi connectivity index (χ2n) is 3.54. The molecule has 1 aromatic rings. The van der Waals surface area contributed by atoms with Crippen molar-refractivity contribution in [3.05, 3.63) is 11.7 Å². The first-order chi connectivity index (χ1) is 6.13. The molecule has 1 heterocycles. The van der Waals surface area contributed by atoms with E-state index in [1.54, 1.807) is 0 Å². The second-order valence-corrected chi connectivity index (χ2v) is 3.54. The molecule has 1 rings (SSSR count). The molecule has 0 spiro atoms. The van der Waals surface area contributed by atoms with Crippen LogP contribution in [0.2, 0.25) is 0 Å². The minimum atomic E-state index is 0.0743. The Labute approximate surface area is 78.5 Å². The van der Waals surface area contributed by atoms with E-state index in [-0.39, 0.29) is 6.04 Å². The average molecular weight is 183 g/mol. The molecule has 4 nitrogen and oxygen atoms in total. The first kappa shape index (κ1) is 10.2. The van der Waals surface area contributed by atoms with Crippen LogP contribution in [0.5, 0.6) is 0 Å². The summed E-state index contributed by atoms with van der Waals surface area (Å²) in [6.45, 7) is 6.11. The SMILES string of the molecule is CCC(C)c1noc(CC(C)N)n1. The van der Waals surface area contributed by atoms with Crippen LogP contribution in [0.25, 0.3) is 0 Å². The smallest absolute Gasteiger partial charge is 0.228 e. The zero-order valence-corrected chi connectivity index (χ0v) is 8.45. The van der Waals surface area contributed by atoms with E-state index in [4.69, 9.17) is 10.3 Å². The molecule has 1 aromatic heterocycles. The normalized spacial score (nSPS) is 15.7. The molecule has 13 heavy (non-hydrogen) atoms. The Hall–Kier alpha value is -0.900. The predicted octanol–water partition coefficient (Wildman–Crippen LogP) is 1.47. The zero-order valence-electron chi connectivity index (χ0n) is 8.45. The highest BCUT2D eigenvalue weighted by molar-refractivity contribution is 4.93. The van der Waals surface area contributed by atoms with Gasteiger partial charge < -0.3 is 10.3 Å². The number of aromatic nitrogens is 2. The first-order valence-corrected chi connectivity index (χ1v) is 4.71.